The van der Waals surface area contributed by atoms with E-state index in [4.69, 9.17) is 18.4 Å². The molecular formula is C18H26O10S. The van der Waals surface area contributed by atoms with Crippen LogP contribution in [-0.4, -0.2) is 79.1 Å². The molecule has 2 rings (SSSR count). The topological polar surface area (TPSA) is 152 Å². The van der Waals surface area contributed by atoms with Crippen molar-refractivity contribution in [1.29, 1.82) is 0 Å². The first-order chi connectivity index (χ1) is 13.6. The zero-order valence-corrected chi connectivity index (χ0v) is 16.9. The van der Waals surface area contributed by atoms with E-state index < -0.39 is 59.5 Å². The Morgan fingerprint density at radius 1 is 1.24 bits per heavy atom. The average Bonchev–Trinajstić information content (AvgIpc) is 2.66. The van der Waals surface area contributed by atoms with Crippen LogP contribution in [0.1, 0.15) is 12.5 Å². The molecule has 0 spiro atoms. The van der Waals surface area contributed by atoms with Gasteiger partial charge in [-0.2, -0.15) is 8.42 Å². The summed E-state index contributed by atoms with van der Waals surface area (Å²) in [7, 11) is -4.16. The minimum absolute atomic E-state index is 0.0814. The molecule has 1 heterocycles. The smallest absolute Gasteiger partial charge is 0.297 e. The Bertz CT molecular complexity index is 778. The van der Waals surface area contributed by atoms with E-state index in [1.807, 2.05) is 0 Å². The van der Waals surface area contributed by atoms with E-state index in [-0.39, 0.29) is 11.5 Å². The van der Waals surface area contributed by atoms with Crippen LogP contribution in [0.5, 0.6) is 0 Å². The first-order valence-corrected chi connectivity index (χ1v) is 10.3. The molecule has 1 aliphatic heterocycles. The third kappa shape index (κ3) is 5.96. The first-order valence-electron chi connectivity index (χ1n) is 8.87. The van der Waals surface area contributed by atoms with Gasteiger partial charge >= 0.3 is 0 Å². The van der Waals surface area contributed by atoms with Crippen LogP contribution >= 0.6 is 0 Å². The van der Waals surface area contributed by atoms with Gasteiger partial charge in [0.2, 0.25) is 6.29 Å². The Kier molecular flexibility index (Phi) is 8.14. The fourth-order valence-electron chi connectivity index (χ4n) is 2.67. The summed E-state index contributed by atoms with van der Waals surface area (Å²) in [5.41, 5.74) is 0.864. The molecule has 1 aromatic carbocycles. The van der Waals surface area contributed by atoms with Gasteiger partial charge in [0.1, 0.15) is 30.2 Å². The van der Waals surface area contributed by atoms with Crippen molar-refractivity contribution in [2.24, 2.45) is 0 Å². The third-order valence-corrected chi connectivity index (χ3v) is 5.54. The van der Waals surface area contributed by atoms with Gasteiger partial charge in [-0.3, -0.25) is 4.18 Å². The molecule has 4 N–H and O–H groups in total. The number of rotatable bonds is 9. The zero-order chi connectivity index (χ0) is 21.8. The maximum atomic E-state index is 12.4. The molecule has 11 heteroatoms. The van der Waals surface area contributed by atoms with Gasteiger partial charge in [-0.25, -0.2) is 0 Å². The summed E-state index contributed by atoms with van der Waals surface area (Å²) in [6, 6.07) is 5.96. The van der Waals surface area contributed by atoms with Crippen LogP contribution in [0.4, 0.5) is 0 Å². The van der Waals surface area contributed by atoms with E-state index in [0.717, 1.165) is 5.56 Å². The van der Waals surface area contributed by atoms with Crippen LogP contribution in [0.15, 0.2) is 41.5 Å². The van der Waals surface area contributed by atoms with Crippen molar-refractivity contribution in [2.75, 3.05) is 13.2 Å². The molecule has 6 unspecified atom stereocenters. The number of benzene rings is 1. The van der Waals surface area contributed by atoms with Gasteiger partial charge in [0.05, 0.1) is 11.5 Å². The second kappa shape index (κ2) is 9.96. The minimum atomic E-state index is -4.16. The summed E-state index contributed by atoms with van der Waals surface area (Å²) >= 11 is 0. The highest BCUT2D eigenvalue weighted by molar-refractivity contribution is 7.86. The molecule has 29 heavy (non-hydrogen) atoms. The Labute approximate surface area is 169 Å². The summed E-state index contributed by atoms with van der Waals surface area (Å²) in [6.07, 6.45) is -9.08. The van der Waals surface area contributed by atoms with E-state index in [2.05, 4.69) is 6.58 Å². The predicted molar refractivity (Wildman–Crippen MR) is 99.3 cm³/mol. The maximum Gasteiger partial charge on any atom is 0.297 e. The highest BCUT2D eigenvalue weighted by atomic mass is 32.2. The highest BCUT2D eigenvalue weighted by Gasteiger charge is 2.47. The van der Waals surface area contributed by atoms with Gasteiger partial charge in [0.25, 0.3) is 10.1 Å². The van der Waals surface area contributed by atoms with E-state index in [0.29, 0.717) is 0 Å². The molecular weight excluding hydrogens is 408 g/mol. The Balaban J connectivity index is 2.19. The fraction of sp³-hybridized carbons (Fsp3) is 0.556. The molecule has 0 radical (unpaired) electrons. The lowest BCUT2D eigenvalue weighted by molar-refractivity contribution is -0.320. The molecule has 0 amide bonds. The summed E-state index contributed by atoms with van der Waals surface area (Å²) in [4.78, 5) is -0.0814. The summed E-state index contributed by atoms with van der Waals surface area (Å²) < 4.78 is 45.6. The van der Waals surface area contributed by atoms with Crippen molar-refractivity contribution in [3.8, 4) is 0 Å². The molecule has 0 aliphatic carbocycles. The zero-order valence-electron chi connectivity index (χ0n) is 16.0. The van der Waals surface area contributed by atoms with Crippen LogP contribution in [0.3, 0.4) is 0 Å². The quantitative estimate of drug-likeness (QED) is 0.237. The molecule has 1 saturated heterocycles. The average molecular weight is 434 g/mol. The molecule has 164 valence electrons. The molecule has 1 aliphatic rings. The molecule has 0 bridgehead atoms. The summed E-state index contributed by atoms with van der Waals surface area (Å²) in [5.74, 6) is -0.745. The lowest BCUT2D eigenvalue weighted by atomic mass is 9.99. The lowest BCUT2D eigenvalue weighted by Crippen LogP contribution is -2.61. The normalized spacial score (nSPS) is 28.8. The predicted octanol–water partition coefficient (Wildman–Crippen LogP) is -0.0412. The van der Waals surface area contributed by atoms with Gasteiger partial charge in [-0.1, -0.05) is 24.3 Å². The number of aliphatic hydroxyl groups excluding tert-OH is 4. The fourth-order valence-corrected chi connectivity index (χ4v) is 3.59. The van der Waals surface area contributed by atoms with Crippen molar-refractivity contribution in [3.05, 3.63) is 42.2 Å². The van der Waals surface area contributed by atoms with Gasteiger partial charge in [0.15, 0.2) is 6.29 Å². The number of ether oxygens (including phenoxy) is 3. The third-order valence-electron chi connectivity index (χ3n) is 4.24. The number of hydrogen-bond donors (Lipinski definition) is 4. The standard InChI is InChI=1S/C18H26O10S/c1-4-25-18-15(21)14(20)16(28-17(22)11(3)19)13(27-18)9-26-29(23,24)12-7-5-10(2)6-8-12/h5-8,13-22H,3-4,9H2,1-2H3. The highest BCUT2D eigenvalue weighted by Crippen LogP contribution is 2.27. The van der Waals surface area contributed by atoms with Crippen LogP contribution in [0.25, 0.3) is 0 Å². The van der Waals surface area contributed by atoms with Crippen molar-refractivity contribution in [2.45, 2.75) is 55.7 Å². The van der Waals surface area contributed by atoms with Gasteiger partial charge < -0.3 is 34.6 Å². The largest absolute Gasteiger partial charge is 0.508 e. The number of aryl methyl sites for hydroxylation is 1. The van der Waals surface area contributed by atoms with Crippen molar-refractivity contribution >= 4 is 10.1 Å². The molecule has 0 aromatic heterocycles. The van der Waals surface area contributed by atoms with Crippen molar-refractivity contribution in [3.63, 3.8) is 0 Å². The minimum Gasteiger partial charge on any atom is -0.508 e. The maximum absolute atomic E-state index is 12.4. The second-order valence-corrected chi connectivity index (χ2v) is 8.09. The molecule has 1 fully saturated rings. The Hall–Kier alpha value is -1.57. The molecule has 1 aromatic rings. The van der Waals surface area contributed by atoms with Gasteiger partial charge in [-0.15, -0.1) is 0 Å². The van der Waals surface area contributed by atoms with Crippen LogP contribution in [-0.2, 0) is 28.5 Å². The van der Waals surface area contributed by atoms with Crippen molar-refractivity contribution in [1.82, 2.24) is 0 Å². The Morgan fingerprint density at radius 3 is 2.41 bits per heavy atom. The van der Waals surface area contributed by atoms with Crippen LogP contribution < -0.4 is 0 Å². The second-order valence-electron chi connectivity index (χ2n) is 6.48. The number of hydrogen-bond acceptors (Lipinski definition) is 10. The summed E-state index contributed by atoms with van der Waals surface area (Å²) in [5, 5.41) is 39.4. The molecule has 6 atom stereocenters. The lowest BCUT2D eigenvalue weighted by Gasteiger charge is -2.42. The Morgan fingerprint density at radius 2 is 1.86 bits per heavy atom. The molecule has 10 nitrogen and oxygen atoms in total. The SMILES string of the molecule is C=C(O)C(O)OC1C(COS(=O)(=O)c2ccc(C)cc2)OC(OCC)C(O)C1O. The monoisotopic (exact) mass is 434 g/mol. The van der Waals surface area contributed by atoms with Gasteiger partial charge in [-0.05, 0) is 26.0 Å². The summed E-state index contributed by atoms with van der Waals surface area (Å²) in [6.45, 7) is 6.08. The first kappa shape index (κ1) is 23.7. The van der Waals surface area contributed by atoms with E-state index >= 15 is 0 Å². The van der Waals surface area contributed by atoms with E-state index in [9.17, 15) is 28.8 Å². The number of aliphatic hydroxyl groups is 4. The van der Waals surface area contributed by atoms with E-state index in [1.54, 1.807) is 26.0 Å². The van der Waals surface area contributed by atoms with Gasteiger partial charge in [0, 0.05) is 6.61 Å². The van der Waals surface area contributed by atoms with Crippen LogP contribution in [0.2, 0.25) is 0 Å². The van der Waals surface area contributed by atoms with Crippen LogP contribution in [0, 0.1) is 6.92 Å². The van der Waals surface area contributed by atoms with E-state index in [1.165, 1.54) is 12.1 Å². The van der Waals surface area contributed by atoms with Crippen molar-refractivity contribution < 1.29 is 47.2 Å². The molecule has 0 saturated carbocycles.